The van der Waals surface area contributed by atoms with Crippen molar-refractivity contribution in [2.24, 2.45) is 11.8 Å². The zero-order valence-electron chi connectivity index (χ0n) is 27.6. The second kappa shape index (κ2) is 24.1. The minimum atomic E-state index is -4.37. The fraction of sp³-hybridized carbons (Fsp3) is 0.486. The van der Waals surface area contributed by atoms with Crippen LogP contribution in [0.1, 0.15) is 90.3 Å². The van der Waals surface area contributed by atoms with Gasteiger partial charge in [-0.1, -0.05) is 118 Å². The minimum Gasteiger partial charge on any atom is -0.308 e. The standard InChI is InChI=1S/C10H18.C9H11Cl.C9H12.C8H10F3N.CH3Cl/c1-8(2)10-6-4-9(3)5-7-10;1-2-5-8-6-3-4-7-9(8)10;1-3-9-6-4-8(2)5-7-9;1-5(2)7(4-12)6(3)8(9,10)11;1-2/h9-10H,1,4-7H2,2-3H3;3-4,6-7H,2,5H2,1H3;4-7H,3H2,1-2H3;4,12H,1H2,2-3H3;1H3/b;;;7-6-,12-4?;. The highest BCUT2D eigenvalue weighted by molar-refractivity contribution is 6.31. The Morgan fingerprint density at radius 3 is 1.79 bits per heavy atom. The zero-order chi connectivity index (χ0) is 33.6. The van der Waals surface area contributed by atoms with Gasteiger partial charge < -0.3 is 5.41 Å². The molecule has 0 radical (unpaired) electrons. The van der Waals surface area contributed by atoms with Crippen LogP contribution in [0, 0.1) is 24.2 Å². The predicted octanol–water partition coefficient (Wildman–Crippen LogP) is 13.2. The molecule has 242 valence electrons. The lowest BCUT2D eigenvalue weighted by atomic mass is 9.80. The second-order valence-electron chi connectivity index (χ2n) is 10.9. The molecule has 0 amide bonds. The first kappa shape index (κ1) is 42.8. The molecule has 0 spiro atoms. The summed E-state index contributed by atoms with van der Waals surface area (Å²) >= 11 is 10.5. The van der Waals surface area contributed by atoms with E-state index < -0.39 is 11.7 Å². The number of allylic oxidation sites excluding steroid dienone is 4. The summed E-state index contributed by atoms with van der Waals surface area (Å²) in [4.78, 5) is 0. The van der Waals surface area contributed by atoms with E-state index in [0.717, 1.165) is 43.0 Å². The van der Waals surface area contributed by atoms with E-state index in [1.807, 2.05) is 18.2 Å². The van der Waals surface area contributed by atoms with Crippen molar-refractivity contribution < 1.29 is 13.2 Å². The van der Waals surface area contributed by atoms with Gasteiger partial charge in [0, 0.05) is 28.8 Å². The van der Waals surface area contributed by atoms with Crippen LogP contribution in [0.2, 0.25) is 5.02 Å². The molecule has 1 nitrogen and oxygen atoms in total. The van der Waals surface area contributed by atoms with Crippen molar-refractivity contribution in [3.8, 4) is 0 Å². The molecule has 43 heavy (non-hydrogen) atoms. The molecule has 3 rings (SSSR count). The van der Waals surface area contributed by atoms with E-state index in [0.29, 0.717) is 6.21 Å². The third kappa shape index (κ3) is 19.6. The minimum absolute atomic E-state index is 0.150. The van der Waals surface area contributed by atoms with Gasteiger partial charge in [0.1, 0.15) is 0 Å². The van der Waals surface area contributed by atoms with E-state index in [2.05, 4.69) is 89.7 Å². The van der Waals surface area contributed by atoms with E-state index in [1.54, 1.807) is 0 Å². The third-order valence-corrected chi connectivity index (χ3v) is 7.52. The van der Waals surface area contributed by atoms with Gasteiger partial charge in [0.25, 0.3) is 0 Å². The Labute approximate surface area is 270 Å². The largest absolute Gasteiger partial charge is 0.413 e. The van der Waals surface area contributed by atoms with Gasteiger partial charge in [0.2, 0.25) is 0 Å². The molecule has 1 aliphatic rings. The number of benzene rings is 2. The van der Waals surface area contributed by atoms with Crippen molar-refractivity contribution in [3.05, 3.63) is 106 Å². The molecular weight excluding hydrogens is 586 g/mol. The van der Waals surface area contributed by atoms with Crippen molar-refractivity contribution in [3.63, 3.8) is 0 Å². The SMILES string of the molecule is C=C(C)/C(C=N)=C(/C)C(F)(F)F.C=C(C)C1CCC(C)CC1.CCCc1ccccc1Cl.CCc1ccc(C)cc1.CCl. The maximum Gasteiger partial charge on any atom is 0.413 e. The predicted molar refractivity (Wildman–Crippen MR) is 186 cm³/mol. The van der Waals surface area contributed by atoms with Crippen LogP contribution < -0.4 is 0 Å². The van der Waals surface area contributed by atoms with E-state index in [9.17, 15) is 13.2 Å². The number of aryl methyl sites for hydroxylation is 3. The average Bonchev–Trinajstić information content (AvgIpc) is 2.97. The summed E-state index contributed by atoms with van der Waals surface area (Å²) in [5, 5.41) is 7.65. The van der Waals surface area contributed by atoms with E-state index >= 15 is 0 Å². The summed E-state index contributed by atoms with van der Waals surface area (Å²) in [6.45, 7) is 20.7. The molecular formula is C37H54Cl2F3N. The molecule has 0 bridgehead atoms. The maximum absolute atomic E-state index is 12.0. The Balaban J connectivity index is 0. The molecule has 0 atom stereocenters. The summed E-state index contributed by atoms with van der Waals surface area (Å²) < 4.78 is 36.1. The molecule has 0 saturated heterocycles. The Kier molecular flexibility index (Phi) is 24.0. The van der Waals surface area contributed by atoms with Crippen LogP contribution in [0.25, 0.3) is 0 Å². The fourth-order valence-corrected chi connectivity index (χ4v) is 4.48. The van der Waals surface area contributed by atoms with Crippen LogP contribution in [0.15, 0.2) is 84.0 Å². The number of hydrogen-bond acceptors (Lipinski definition) is 1. The Morgan fingerprint density at radius 1 is 0.930 bits per heavy atom. The number of nitrogens with one attached hydrogen (secondary N) is 1. The molecule has 1 fully saturated rings. The highest BCUT2D eigenvalue weighted by Crippen LogP contribution is 2.32. The number of halogens is 5. The number of alkyl halides is 4. The third-order valence-electron chi connectivity index (χ3n) is 7.15. The lowest BCUT2D eigenvalue weighted by molar-refractivity contribution is -0.0916. The molecule has 2 aromatic carbocycles. The van der Waals surface area contributed by atoms with Crippen molar-refractivity contribution in [2.45, 2.75) is 99.6 Å². The van der Waals surface area contributed by atoms with Crippen LogP contribution in [0.4, 0.5) is 13.2 Å². The molecule has 1 saturated carbocycles. The van der Waals surface area contributed by atoms with Crippen LogP contribution in [-0.2, 0) is 12.8 Å². The molecule has 0 aromatic heterocycles. The second-order valence-corrected chi connectivity index (χ2v) is 11.4. The maximum atomic E-state index is 12.0. The van der Waals surface area contributed by atoms with Crippen LogP contribution >= 0.6 is 23.2 Å². The number of hydrogen-bond donors (Lipinski definition) is 1. The molecule has 0 unspecified atom stereocenters. The monoisotopic (exact) mass is 639 g/mol. The van der Waals surface area contributed by atoms with Crippen LogP contribution in [-0.4, -0.2) is 18.8 Å². The first-order chi connectivity index (χ1) is 20.2. The van der Waals surface area contributed by atoms with Crippen molar-refractivity contribution in [1.29, 1.82) is 5.41 Å². The van der Waals surface area contributed by atoms with Gasteiger partial charge in [0.15, 0.2) is 0 Å². The lowest BCUT2D eigenvalue weighted by Gasteiger charge is -2.26. The summed E-state index contributed by atoms with van der Waals surface area (Å²) in [7, 11) is 0. The zero-order valence-corrected chi connectivity index (χ0v) is 29.1. The first-order valence-corrected chi connectivity index (χ1v) is 16.1. The van der Waals surface area contributed by atoms with Gasteiger partial charge in [-0.25, -0.2) is 0 Å². The van der Waals surface area contributed by atoms with Crippen molar-refractivity contribution in [2.75, 3.05) is 6.38 Å². The van der Waals surface area contributed by atoms with Crippen LogP contribution in [0.3, 0.4) is 0 Å². The van der Waals surface area contributed by atoms with Gasteiger partial charge in [-0.15, -0.1) is 11.6 Å². The molecule has 1 aliphatic carbocycles. The first-order valence-electron chi connectivity index (χ1n) is 14.9. The Morgan fingerprint density at radius 2 is 1.44 bits per heavy atom. The highest BCUT2D eigenvalue weighted by Gasteiger charge is 2.32. The summed E-state index contributed by atoms with van der Waals surface area (Å²) in [5.41, 5.74) is 4.73. The van der Waals surface area contributed by atoms with E-state index in [-0.39, 0.29) is 11.1 Å². The van der Waals surface area contributed by atoms with Crippen molar-refractivity contribution >= 4 is 29.4 Å². The molecule has 2 aromatic rings. The van der Waals surface area contributed by atoms with Gasteiger partial charge in [-0.2, -0.15) is 13.2 Å². The smallest absolute Gasteiger partial charge is 0.308 e. The van der Waals surface area contributed by atoms with E-state index in [4.69, 9.17) is 17.0 Å². The molecule has 0 aliphatic heterocycles. The molecule has 0 heterocycles. The average molecular weight is 641 g/mol. The summed E-state index contributed by atoms with van der Waals surface area (Å²) in [6, 6.07) is 16.7. The molecule has 6 heteroatoms. The van der Waals surface area contributed by atoms with Crippen molar-refractivity contribution in [1.82, 2.24) is 0 Å². The summed E-state index contributed by atoms with van der Waals surface area (Å²) in [5.74, 6) is 1.81. The fourth-order valence-electron chi connectivity index (χ4n) is 4.25. The van der Waals surface area contributed by atoms with Gasteiger partial charge in [-0.3, -0.25) is 0 Å². The quantitative estimate of drug-likeness (QED) is 0.141. The number of rotatable bonds is 6. The summed E-state index contributed by atoms with van der Waals surface area (Å²) in [6.07, 6.45) is 6.75. The Bertz CT molecular complexity index is 1090. The van der Waals surface area contributed by atoms with Gasteiger partial charge >= 0.3 is 6.18 Å². The lowest BCUT2D eigenvalue weighted by Crippen LogP contribution is -2.12. The van der Waals surface area contributed by atoms with E-state index in [1.165, 1.54) is 61.3 Å². The van der Waals surface area contributed by atoms with Gasteiger partial charge in [-0.05, 0) is 88.0 Å². The normalized spacial score (nSPS) is 16.1. The highest BCUT2D eigenvalue weighted by atomic mass is 35.5. The Hall–Kier alpha value is -2.30. The van der Waals surface area contributed by atoms with Crippen LogP contribution in [0.5, 0.6) is 0 Å². The molecule has 1 N–H and O–H groups in total. The van der Waals surface area contributed by atoms with Gasteiger partial charge in [0.05, 0.1) is 0 Å². The topological polar surface area (TPSA) is 23.9 Å².